The van der Waals surface area contributed by atoms with Crippen molar-refractivity contribution >= 4 is 52.1 Å². The van der Waals surface area contributed by atoms with Crippen LogP contribution in [0.3, 0.4) is 0 Å². The van der Waals surface area contributed by atoms with E-state index in [4.69, 9.17) is 16.3 Å². The molecule has 7 nitrogen and oxygen atoms in total. The van der Waals surface area contributed by atoms with Crippen molar-refractivity contribution in [3.8, 4) is 0 Å². The van der Waals surface area contributed by atoms with Gasteiger partial charge in [-0.05, 0) is 48.9 Å². The number of halogens is 1. The molecule has 0 unspecified atom stereocenters. The maximum atomic E-state index is 12.6. The van der Waals surface area contributed by atoms with E-state index < -0.39 is 17.2 Å². The van der Waals surface area contributed by atoms with Gasteiger partial charge in [0.1, 0.15) is 0 Å². The highest BCUT2D eigenvalue weighted by atomic mass is 35.5. The van der Waals surface area contributed by atoms with Crippen LogP contribution in [0.5, 0.6) is 0 Å². The van der Waals surface area contributed by atoms with Crippen LogP contribution in [0.15, 0.2) is 53.5 Å². The fraction of sp³-hybridized carbons (Fsp3) is 0.238. The van der Waals surface area contributed by atoms with Crippen molar-refractivity contribution in [2.45, 2.75) is 25.1 Å². The van der Waals surface area contributed by atoms with E-state index in [0.717, 1.165) is 17.3 Å². The first-order valence-corrected chi connectivity index (χ1v) is 10.4. The molecule has 1 heterocycles. The van der Waals surface area contributed by atoms with E-state index in [9.17, 15) is 19.5 Å². The van der Waals surface area contributed by atoms with Gasteiger partial charge in [0.25, 0.3) is 0 Å². The van der Waals surface area contributed by atoms with Crippen LogP contribution in [0.4, 0.5) is 5.69 Å². The predicted molar refractivity (Wildman–Crippen MR) is 112 cm³/mol. The number of thioether (sulfide) groups is 1. The van der Waals surface area contributed by atoms with Crippen molar-refractivity contribution in [1.82, 2.24) is 4.90 Å². The predicted octanol–water partition coefficient (Wildman–Crippen LogP) is 2.79. The van der Waals surface area contributed by atoms with Crippen molar-refractivity contribution in [1.29, 1.82) is 0 Å². The zero-order valence-corrected chi connectivity index (χ0v) is 17.6. The number of hydrogen-bond acceptors (Lipinski definition) is 7. The Hall–Kier alpha value is -2.84. The summed E-state index contributed by atoms with van der Waals surface area (Å²) in [5.74, 6) is -2.12. The molecule has 0 aliphatic carbocycles. The topological polar surface area (TPSA) is 99.1 Å². The quantitative estimate of drug-likeness (QED) is 0.634. The molecular formula is C21H18ClN2O5S-. The van der Waals surface area contributed by atoms with Crippen molar-refractivity contribution in [2.24, 2.45) is 4.99 Å². The minimum absolute atomic E-state index is 0.179. The number of carboxylic acids is 1. The van der Waals surface area contributed by atoms with Gasteiger partial charge in [0.05, 0.1) is 35.6 Å². The standard InChI is InChI=1S/C21H19ClN2O5S/c1-2-29-20(28)14-5-9-16(10-6-14)23-21-24(12-13-3-7-15(22)8-4-13)18(25)11-17(30-21)19(26)27/h3-10,17H,2,11-12H2,1H3,(H,26,27)/p-1/t17-/m0/s1. The van der Waals surface area contributed by atoms with Gasteiger partial charge < -0.3 is 14.6 Å². The van der Waals surface area contributed by atoms with Crippen LogP contribution >= 0.6 is 23.4 Å². The van der Waals surface area contributed by atoms with Crippen LogP contribution in [0.25, 0.3) is 0 Å². The molecule has 9 heteroatoms. The highest BCUT2D eigenvalue weighted by Crippen LogP contribution is 2.30. The van der Waals surface area contributed by atoms with Gasteiger partial charge in [0, 0.05) is 11.4 Å². The number of hydrogen-bond donors (Lipinski definition) is 0. The molecule has 1 atom stereocenters. The average molecular weight is 446 g/mol. The number of carboxylic acid groups (broad SMARTS) is 1. The number of benzene rings is 2. The van der Waals surface area contributed by atoms with E-state index in [1.165, 1.54) is 4.90 Å². The summed E-state index contributed by atoms with van der Waals surface area (Å²) in [6, 6.07) is 13.3. The number of ether oxygens (including phenoxy) is 1. The monoisotopic (exact) mass is 445 g/mol. The minimum atomic E-state index is -1.31. The molecule has 2 aromatic carbocycles. The fourth-order valence-corrected chi connectivity index (χ4v) is 3.91. The molecule has 0 saturated carbocycles. The lowest BCUT2D eigenvalue weighted by molar-refractivity contribution is -0.304. The van der Waals surface area contributed by atoms with Crippen molar-refractivity contribution in [2.75, 3.05) is 6.61 Å². The van der Waals surface area contributed by atoms with Gasteiger partial charge in [-0.3, -0.25) is 9.69 Å². The summed E-state index contributed by atoms with van der Waals surface area (Å²) in [5, 5.41) is 11.2. The first-order chi connectivity index (χ1) is 14.4. The summed E-state index contributed by atoms with van der Waals surface area (Å²) in [5.41, 5.74) is 1.67. The van der Waals surface area contributed by atoms with E-state index in [1.54, 1.807) is 55.5 Å². The van der Waals surface area contributed by atoms with Gasteiger partial charge in [-0.2, -0.15) is 0 Å². The molecule has 1 fully saturated rings. The summed E-state index contributed by atoms with van der Waals surface area (Å²) in [6.07, 6.45) is -0.179. The van der Waals surface area contributed by atoms with Crippen molar-refractivity contribution in [3.63, 3.8) is 0 Å². The Kier molecular flexibility index (Phi) is 7.12. The first kappa shape index (κ1) is 21.9. The lowest BCUT2D eigenvalue weighted by Crippen LogP contribution is -2.47. The lowest BCUT2D eigenvalue weighted by Gasteiger charge is -2.32. The summed E-state index contributed by atoms with van der Waals surface area (Å²) in [4.78, 5) is 41.7. The number of rotatable bonds is 6. The minimum Gasteiger partial charge on any atom is -0.549 e. The van der Waals surface area contributed by atoms with Crippen molar-refractivity contribution in [3.05, 3.63) is 64.7 Å². The van der Waals surface area contributed by atoms with E-state index in [-0.39, 0.29) is 30.6 Å². The van der Waals surface area contributed by atoms with E-state index in [1.807, 2.05) is 0 Å². The van der Waals surface area contributed by atoms with Crippen LogP contribution in [0.1, 0.15) is 29.3 Å². The highest BCUT2D eigenvalue weighted by Gasteiger charge is 2.32. The Bertz CT molecular complexity index is 976. The number of carbonyl (C=O) groups is 3. The molecule has 0 aromatic heterocycles. The number of esters is 1. The lowest BCUT2D eigenvalue weighted by atomic mass is 10.2. The second kappa shape index (κ2) is 9.77. The molecule has 0 radical (unpaired) electrons. The normalized spacial score (nSPS) is 17.8. The molecule has 1 saturated heterocycles. The average Bonchev–Trinajstić information content (AvgIpc) is 2.72. The third-order valence-corrected chi connectivity index (χ3v) is 5.68. The van der Waals surface area contributed by atoms with Crippen LogP contribution in [0.2, 0.25) is 5.02 Å². The van der Waals surface area contributed by atoms with E-state index >= 15 is 0 Å². The number of carbonyl (C=O) groups excluding carboxylic acids is 3. The summed E-state index contributed by atoms with van der Waals surface area (Å²) < 4.78 is 4.95. The second-order valence-corrected chi connectivity index (χ2v) is 8.00. The van der Waals surface area contributed by atoms with Gasteiger partial charge in [-0.1, -0.05) is 35.5 Å². The Morgan fingerprint density at radius 2 is 1.87 bits per heavy atom. The number of amidine groups is 1. The number of nitrogens with zero attached hydrogens (tertiary/aromatic N) is 2. The number of aliphatic carboxylic acids is 1. The van der Waals surface area contributed by atoms with Gasteiger partial charge in [-0.25, -0.2) is 9.79 Å². The van der Waals surface area contributed by atoms with Crippen LogP contribution in [-0.2, 0) is 20.9 Å². The second-order valence-electron chi connectivity index (χ2n) is 6.40. The third kappa shape index (κ3) is 5.40. The molecule has 156 valence electrons. The first-order valence-electron chi connectivity index (χ1n) is 9.15. The molecule has 0 bridgehead atoms. The molecule has 0 spiro atoms. The van der Waals surface area contributed by atoms with Gasteiger partial charge >= 0.3 is 5.97 Å². The zero-order valence-electron chi connectivity index (χ0n) is 16.0. The Morgan fingerprint density at radius 1 is 1.20 bits per heavy atom. The maximum absolute atomic E-state index is 12.6. The zero-order chi connectivity index (χ0) is 21.7. The Balaban J connectivity index is 1.88. The largest absolute Gasteiger partial charge is 0.549 e. The Labute approximate surface area is 182 Å². The summed E-state index contributed by atoms with van der Waals surface area (Å²) in [6.45, 7) is 2.22. The summed E-state index contributed by atoms with van der Waals surface area (Å²) in [7, 11) is 0. The number of amides is 1. The molecule has 0 N–H and O–H groups in total. The molecule has 1 amide bonds. The molecule has 1 aliphatic rings. The van der Waals surface area contributed by atoms with Gasteiger partial charge in [0.2, 0.25) is 5.91 Å². The van der Waals surface area contributed by atoms with Crippen LogP contribution in [-0.4, -0.2) is 39.8 Å². The van der Waals surface area contributed by atoms with E-state index in [2.05, 4.69) is 4.99 Å². The highest BCUT2D eigenvalue weighted by molar-refractivity contribution is 8.15. The van der Waals surface area contributed by atoms with Crippen LogP contribution in [0, 0.1) is 0 Å². The fourth-order valence-electron chi connectivity index (χ4n) is 2.75. The van der Waals surface area contributed by atoms with Crippen molar-refractivity contribution < 1.29 is 24.2 Å². The smallest absolute Gasteiger partial charge is 0.338 e. The van der Waals surface area contributed by atoms with Crippen LogP contribution < -0.4 is 5.11 Å². The number of aliphatic imine (C=N–C) groups is 1. The molecule has 30 heavy (non-hydrogen) atoms. The molecule has 3 rings (SSSR count). The SMILES string of the molecule is CCOC(=O)c1ccc(N=C2S[C@H](C(=O)[O-])CC(=O)N2Cc2ccc(Cl)cc2)cc1. The molecule has 2 aromatic rings. The molecular weight excluding hydrogens is 428 g/mol. The maximum Gasteiger partial charge on any atom is 0.338 e. The van der Waals surface area contributed by atoms with Gasteiger partial charge in [0.15, 0.2) is 5.17 Å². The molecule has 1 aliphatic heterocycles. The van der Waals surface area contributed by atoms with Gasteiger partial charge in [-0.15, -0.1) is 0 Å². The summed E-state index contributed by atoms with van der Waals surface area (Å²) >= 11 is 6.88. The Morgan fingerprint density at radius 3 is 2.47 bits per heavy atom. The third-order valence-electron chi connectivity index (χ3n) is 4.26. The van der Waals surface area contributed by atoms with E-state index in [0.29, 0.717) is 16.3 Å².